The quantitative estimate of drug-likeness (QED) is 0.695. The van der Waals surface area contributed by atoms with Gasteiger partial charge >= 0.3 is 0 Å². The maximum atomic E-state index is 4.33. The number of nitrogens with zero attached hydrogens (tertiary/aromatic N) is 4. The molecule has 4 nitrogen and oxygen atoms in total. The van der Waals surface area contributed by atoms with E-state index in [0.717, 1.165) is 26.7 Å². The highest BCUT2D eigenvalue weighted by Crippen LogP contribution is 2.21. The summed E-state index contributed by atoms with van der Waals surface area (Å²) < 4.78 is 2.97. The van der Waals surface area contributed by atoms with E-state index >= 15 is 0 Å². The molecule has 0 saturated heterocycles. The van der Waals surface area contributed by atoms with Crippen LogP contribution in [0.5, 0.6) is 0 Å². The number of hydrogen-bond donors (Lipinski definition) is 0. The molecule has 0 amide bonds. The molecule has 3 aromatic rings. The van der Waals surface area contributed by atoms with Crippen LogP contribution in [0.15, 0.2) is 52.4 Å². The fourth-order valence-corrected chi connectivity index (χ4v) is 2.62. The summed E-state index contributed by atoms with van der Waals surface area (Å²) in [4.78, 5) is 4.33. The maximum absolute atomic E-state index is 4.33. The molecule has 3 rings (SSSR count). The zero-order valence-electron chi connectivity index (χ0n) is 9.32. The fraction of sp³-hybridized carbons (Fsp3) is 0.0833. The Morgan fingerprint density at radius 3 is 2.94 bits per heavy atom. The first-order chi connectivity index (χ1) is 8.83. The fourth-order valence-electron chi connectivity index (χ4n) is 1.55. The van der Waals surface area contributed by atoms with E-state index in [1.165, 1.54) is 0 Å². The lowest BCUT2D eigenvalue weighted by Crippen LogP contribution is -1.89. The van der Waals surface area contributed by atoms with E-state index in [0.29, 0.717) is 0 Å². The molecule has 0 atom stereocenters. The van der Waals surface area contributed by atoms with Crippen LogP contribution >= 0.6 is 27.7 Å². The molecule has 0 saturated carbocycles. The largest absolute Gasteiger partial charge is 0.277 e. The summed E-state index contributed by atoms with van der Waals surface area (Å²) in [5.74, 6) is 0.781. The van der Waals surface area contributed by atoms with Crippen LogP contribution in [0.25, 0.3) is 5.65 Å². The Morgan fingerprint density at radius 2 is 2.11 bits per heavy atom. The van der Waals surface area contributed by atoms with Gasteiger partial charge in [0.2, 0.25) is 0 Å². The van der Waals surface area contributed by atoms with Crippen molar-refractivity contribution in [1.29, 1.82) is 0 Å². The van der Waals surface area contributed by atoms with Crippen LogP contribution in [0.4, 0.5) is 0 Å². The summed E-state index contributed by atoms with van der Waals surface area (Å²) in [6.07, 6.45) is 3.77. The average molecular weight is 321 g/mol. The molecule has 0 aliphatic carbocycles. The second-order valence-corrected chi connectivity index (χ2v) is 5.53. The van der Waals surface area contributed by atoms with Gasteiger partial charge in [-0.15, -0.1) is 10.2 Å². The monoisotopic (exact) mass is 320 g/mol. The SMILES string of the molecule is Brc1ccc(CSc2nnc3ccccn23)nc1. The maximum Gasteiger partial charge on any atom is 0.195 e. The number of halogens is 1. The molecule has 0 N–H and O–H groups in total. The van der Waals surface area contributed by atoms with Crippen LogP contribution in [-0.4, -0.2) is 19.6 Å². The first-order valence-electron chi connectivity index (χ1n) is 5.36. The van der Waals surface area contributed by atoms with Gasteiger partial charge in [-0.05, 0) is 40.2 Å². The minimum atomic E-state index is 0.781. The van der Waals surface area contributed by atoms with Gasteiger partial charge in [-0.25, -0.2) is 0 Å². The van der Waals surface area contributed by atoms with Crippen LogP contribution in [0.3, 0.4) is 0 Å². The third kappa shape index (κ3) is 2.39. The molecule has 3 aromatic heterocycles. The third-order valence-electron chi connectivity index (χ3n) is 2.42. The average Bonchev–Trinajstić information content (AvgIpc) is 2.82. The molecule has 3 heterocycles. The molecule has 0 spiro atoms. The number of aromatic nitrogens is 4. The van der Waals surface area contributed by atoms with Crippen molar-refractivity contribution in [3.8, 4) is 0 Å². The van der Waals surface area contributed by atoms with E-state index in [2.05, 4.69) is 31.1 Å². The molecule has 0 aromatic carbocycles. The van der Waals surface area contributed by atoms with Crippen molar-refractivity contribution in [3.63, 3.8) is 0 Å². The van der Waals surface area contributed by atoms with Crippen LogP contribution in [-0.2, 0) is 5.75 Å². The smallest absolute Gasteiger partial charge is 0.195 e. The standard InChI is InChI=1S/C12H9BrN4S/c13-9-4-5-10(14-7-9)8-18-12-16-15-11-3-1-2-6-17(11)12/h1-7H,8H2. The van der Waals surface area contributed by atoms with E-state index in [1.807, 2.05) is 40.9 Å². The van der Waals surface area contributed by atoms with Gasteiger partial charge in [-0.2, -0.15) is 0 Å². The van der Waals surface area contributed by atoms with Gasteiger partial charge in [0, 0.05) is 22.6 Å². The zero-order valence-corrected chi connectivity index (χ0v) is 11.7. The van der Waals surface area contributed by atoms with Crippen LogP contribution in [0.2, 0.25) is 0 Å². The van der Waals surface area contributed by atoms with Crippen molar-refractivity contribution >= 4 is 33.3 Å². The summed E-state index contributed by atoms with van der Waals surface area (Å²) in [6.45, 7) is 0. The predicted octanol–water partition coefficient (Wildman–Crippen LogP) is 3.18. The lowest BCUT2D eigenvalue weighted by atomic mass is 10.4. The van der Waals surface area contributed by atoms with Gasteiger partial charge < -0.3 is 0 Å². The van der Waals surface area contributed by atoms with E-state index in [1.54, 1.807) is 18.0 Å². The topological polar surface area (TPSA) is 43.1 Å². The second-order valence-electron chi connectivity index (χ2n) is 3.67. The van der Waals surface area contributed by atoms with Crippen molar-refractivity contribution in [2.75, 3.05) is 0 Å². The number of pyridine rings is 2. The Hall–Kier alpha value is -1.40. The van der Waals surface area contributed by atoms with Crippen molar-refractivity contribution in [1.82, 2.24) is 19.6 Å². The Balaban J connectivity index is 1.79. The van der Waals surface area contributed by atoms with Gasteiger partial charge in [0.15, 0.2) is 10.8 Å². The van der Waals surface area contributed by atoms with E-state index in [-0.39, 0.29) is 0 Å². The molecule has 0 fully saturated rings. The second kappa shape index (κ2) is 5.07. The molecule has 18 heavy (non-hydrogen) atoms. The Kier molecular flexibility index (Phi) is 3.29. The Morgan fingerprint density at radius 1 is 1.17 bits per heavy atom. The number of thioether (sulfide) groups is 1. The molecule has 0 aliphatic heterocycles. The molecule has 0 radical (unpaired) electrons. The number of hydrogen-bond acceptors (Lipinski definition) is 4. The van der Waals surface area contributed by atoms with Crippen molar-refractivity contribution in [3.05, 3.63) is 52.9 Å². The van der Waals surface area contributed by atoms with Crippen LogP contribution in [0, 0.1) is 0 Å². The van der Waals surface area contributed by atoms with Crippen LogP contribution < -0.4 is 0 Å². The minimum Gasteiger partial charge on any atom is -0.277 e. The van der Waals surface area contributed by atoms with Crippen molar-refractivity contribution in [2.45, 2.75) is 10.9 Å². The molecule has 0 aliphatic rings. The first-order valence-corrected chi connectivity index (χ1v) is 7.14. The predicted molar refractivity (Wildman–Crippen MR) is 74.5 cm³/mol. The lowest BCUT2D eigenvalue weighted by Gasteiger charge is -2.00. The number of rotatable bonds is 3. The van der Waals surface area contributed by atoms with E-state index in [9.17, 15) is 0 Å². The molecule has 90 valence electrons. The molecule has 0 bridgehead atoms. The Bertz CT molecular complexity index is 665. The third-order valence-corrected chi connectivity index (χ3v) is 3.87. The highest BCUT2D eigenvalue weighted by atomic mass is 79.9. The Labute approximate surface area is 117 Å². The molecular weight excluding hydrogens is 312 g/mol. The van der Waals surface area contributed by atoms with Gasteiger partial charge in [-0.3, -0.25) is 9.38 Å². The summed E-state index contributed by atoms with van der Waals surface area (Å²) in [5, 5.41) is 9.16. The van der Waals surface area contributed by atoms with Gasteiger partial charge in [0.1, 0.15) is 0 Å². The van der Waals surface area contributed by atoms with Crippen molar-refractivity contribution < 1.29 is 0 Å². The van der Waals surface area contributed by atoms with Crippen molar-refractivity contribution in [2.24, 2.45) is 0 Å². The van der Waals surface area contributed by atoms with Gasteiger partial charge in [0.05, 0.1) is 5.69 Å². The summed E-state index contributed by atoms with van der Waals surface area (Å²) in [5.41, 5.74) is 1.89. The van der Waals surface area contributed by atoms with E-state index in [4.69, 9.17) is 0 Å². The number of fused-ring (bicyclic) bond motifs is 1. The summed E-state index contributed by atoms with van der Waals surface area (Å²) >= 11 is 5.00. The highest BCUT2D eigenvalue weighted by Gasteiger charge is 2.05. The summed E-state index contributed by atoms with van der Waals surface area (Å²) in [7, 11) is 0. The highest BCUT2D eigenvalue weighted by molar-refractivity contribution is 9.10. The first kappa shape index (κ1) is 11.7. The molecular formula is C12H9BrN4S. The van der Waals surface area contributed by atoms with Gasteiger partial charge in [0.25, 0.3) is 0 Å². The normalized spacial score (nSPS) is 10.9. The minimum absolute atomic E-state index is 0.781. The summed E-state index contributed by atoms with van der Waals surface area (Å²) in [6, 6.07) is 9.85. The zero-order chi connectivity index (χ0) is 12.4. The van der Waals surface area contributed by atoms with Gasteiger partial charge in [-0.1, -0.05) is 17.8 Å². The van der Waals surface area contributed by atoms with E-state index < -0.39 is 0 Å². The molecule has 6 heteroatoms. The molecule has 0 unspecified atom stereocenters. The lowest BCUT2D eigenvalue weighted by molar-refractivity contribution is 0.920. The van der Waals surface area contributed by atoms with Crippen LogP contribution in [0.1, 0.15) is 5.69 Å².